The van der Waals surface area contributed by atoms with Gasteiger partial charge in [0.1, 0.15) is 6.04 Å². The first kappa shape index (κ1) is 15.4. The molecule has 2 aromatic rings. The summed E-state index contributed by atoms with van der Waals surface area (Å²) in [7, 11) is 1.86. The number of para-hydroxylation sites is 1. The molecule has 0 aliphatic rings. The minimum absolute atomic E-state index is 0.0778. The monoisotopic (exact) mass is 347 g/mol. The number of carbonyl (C=O) groups is 1. The quantitative estimate of drug-likeness (QED) is 0.832. The van der Waals surface area contributed by atoms with Crippen LogP contribution in [0.2, 0.25) is 0 Å². The van der Waals surface area contributed by atoms with Crippen molar-refractivity contribution in [2.75, 3.05) is 23.0 Å². The van der Waals surface area contributed by atoms with Crippen LogP contribution in [0.3, 0.4) is 0 Å². The number of nitrogens with zero attached hydrogens (tertiary/aromatic N) is 1. The molecule has 0 aliphatic heterocycles. The molecule has 1 atom stereocenters. The van der Waals surface area contributed by atoms with E-state index < -0.39 is 0 Å². The summed E-state index contributed by atoms with van der Waals surface area (Å²) in [5.41, 5.74) is 8.25. The fourth-order valence-electron chi connectivity index (χ4n) is 2.00. The second-order valence-electron chi connectivity index (χ2n) is 4.85. The van der Waals surface area contributed by atoms with Gasteiger partial charge in [0, 0.05) is 17.2 Å². The van der Waals surface area contributed by atoms with Crippen LogP contribution in [0.1, 0.15) is 6.92 Å². The molecule has 0 saturated heterocycles. The van der Waals surface area contributed by atoms with Crippen molar-refractivity contribution in [2.45, 2.75) is 13.0 Å². The van der Waals surface area contributed by atoms with Crippen LogP contribution in [0.25, 0.3) is 0 Å². The Hall–Kier alpha value is -2.01. The van der Waals surface area contributed by atoms with E-state index in [4.69, 9.17) is 5.73 Å². The van der Waals surface area contributed by atoms with Gasteiger partial charge in [0.05, 0.1) is 11.4 Å². The number of nitrogens with two attached hydrogens (primary N) is 1. The van der Waals surface area contributed by atoms with Crippen LogP contribution in [-0.4, -0.2) is 19.0 Å². The molecule has 5 heteroatoms. The normalized spacial score (nSPS) is 11.8. The van der Waals surface area contributed by atoms with E-state index in [1.165, 1.54) is 0 Å². The van der Waals surface area contributed by atoms with Crippen LogP contribution in [0.5, 0.6) is 0 Å². The highest BCUT2D eigenvalue weighted by Gasteiger charge is 2.20. The zero-order valence-corrected chi connectivity index (χ0v) is 13.6. The molecule has 0 heterocycles. The first-order chi connectivity index (χ1) is 9.99. The van der Waals surface area contributed by atoms with Crippen molar-refractivity contribution < 1.29 is 4.79 Å². The van der Waals surface area contributed by atoms with Gasteiger partial charge in [-0.05, 0) is 37.3 Å². The lowest BCUT2D eigenvalue weighted by Crippen LogP contribution is -2.40. The standard InChI is InChI=1S/C16H18BrN3O/c1-11(16(21)19-13-6-4-3-5-7-13)20(2)15-9-8-12(17)10-14(15)18/h3-11H,18H2,1-2H3,(H,19,21). The van der Waals surface area contributed by atoms with E-state index in [-0.39, 0.29) is 11.9 Å². The third-order valence-corrected chi connectivity index (χ3v) is 3.86. The summed E-state index contributed by atoms with van der Waals surface area (Å²) in [6.07, 6.45) is 0. The molecule has 110 valence electrons. The molecular formula is C16H18BrN3O. The lowest BCUT2D eigenvalue weighted by atomic mass is 10.2. The topological polar surface area (TPSA) is 58.4 Å². The van der Waals surface area contributed by atoms with Crippen molar-refractivity contribution in [1.29, 1.82) is 0 Å². The summed E-state index contributed by atoms with van der Waals surface area (Å²) in [5, 5.41) is 2.89. The van der Waals surface area contributed by atoms with E-state index in [2.05, 4.69) is 21.2 Å². The third-order valence-electron chi connectivity index (χ3n) is 3.37. The van der Waals surface area contributed by atoms with Crippen LogP contribution in [0, 0.1) is 0 Å². The Bertz CT molecular complexity index is 631. The van der Waals surface area contributed by atoms with E-state index in [9.17, 15) is 4.79 Å². The first-order valence-corrected chi connectivity index (χ1v) is 7.42. The van der Waals surface area contributed by atoms with E-state index >= 15 is 0 Å². The Balaban J connectivity index is 2.11. The van der Waals surface area contributed by atoms with Gasteiger partial charge in [-0.3, -0.25) is 4.79 Å². The van der Waals surface area contributed by atoms with E-state index in [1.807, 2.05) is 67.4 Å². The molecule has 21 heavy (non-hydrogen) atoms. The Morgan fingerprint density at radius 1 is 1.24 bits per heavy atom. The van der Waals surface area contributed by atoms with Crippen molar-refractivity contribution >= 4 is 38.9 Å². The van der Waals surface area contributed by atoms with Crippen molar-refractivity contribution in [2.24, 2.45) is 0 Å². The Kier molecular flexibility index (Phi) is 4.85. The lowest BCUT2D eigenvalue weighted by Gasteiger charge is -2.27. The van der Waals surface area contributed by atoms with Crippen LogP contribution in [0.15, 0.2) is 53.0 Å². The molecule has 0 aliphatic carbocycles. The minimum atomic E-state index is -0.339. The number of rotatable bonds is 4. The molecule has 0 spiro atoms. The van der Waals surface area contributed by atoms with Gasteiger partial charge in [0.25, 0.3) is 0 Å². The second kappa shape index (κ2) is 6.63. The van der Waals surface area contributed by atoms with Gasteiger partial charge < -0.3 is 16.0 Å². The van der Waals surface area contributed by atoms with Gasteiger partial charge in [0.15, 0.2) is 0 Å². The van der Waals surface area contributed by atoms with Gasteiger partial charge in [-0.2, -0.15) is 0 Å². The van der Waals surface area contributed by atoms with Crippen molar-refractivity contribution in [3.8, 4) is 0 Å². The number of nitrogen functional groups attached to an aromatic ring is 1. The highest BCUT2D eigenvalue weighted by atomic mass is 79.9. The fraction of sp³-hybridized carbons (Fsp3) is 0.188. The summed E-state index contributed by atoms with van der Waals surface area (Å²) >= 11 is 3.38. The maximum absolute atomic E-state index is 12.3. The highest BCUT2D eigenvalue weighted by Crippen LogP contribution is 2.27. The molecule has 0 aromatic heterocycles. The van der Waals surface area contributed by atoms with Gasteiger partial charge in [-0.25, -0.2) is 0 Å². The van der Waals surface area contributed by atoms with Gasteiger partial charge in [0.2, 0.25) is 5.91 Å². The minimum Gasteiger partial charge on any atom is -0.397 e. The second-order valence-corrected chi connectivity index (χ2v) is 5.76. The first-order valence-electron chi connectivity index (χ1n) is 6.63. The predicted octanol–water partition coefficient (Wildman–Crippen LogP) is 3.49. The number of hydrogen-bond donors (Lipinski definition) is 2. The molecule has 0 saturated carbocycles. The van der Waals surface area contributed by atoms with Gasteiger partial charge >= 0.3 is 0 Å². The predicted molar refractivity (Wildman–Crippen MR) is 91.5 cm³/mol. The van der Waals surface area contributed by atoms with Crippen molar-refractivity contribution in [3.05, 3.63) is 53.0 Å². The number of halogens is 1. The van der Waals surface area contributed by atoms with E-state index in [0.717, 1.165) is 15.8 Å². The number of likely N-dealkylation sites (N-methyl/N-ethyl adjacent to an activating group) is 1. The van der Waals surface area contributed by atoms with Crippen LogP contribution < -0.4 is 16.0 Å². The number of nitrogens with one attached hydrogen (secondary N) is 1. The largest absolute Gasteiger partial charge is 0.397 e. The maximum Gasteiger partial charge on any atom is 0.246 e. The molecule has 1 unspecified atom stereocenters. The summed E-state index contributed by atoms with van der Waals surface area (Å²) in [4.78, 5) is 14.2. The Morgan fingerprint density at radius 2 is 1.90 bits per heavy atom. The van der Waals surface area contributed by atoms with Crippen molar-refractivity contribution in [3.63, 3.8) is 0 Å². The SMILES string of the molecule is CC(C(=O)Nc1ccccc1)N(C)c1ccc(Br)cc1N. The van der Waals surface area contributed by atoms with Gasteiger partial charge in [-0.1, -0.05) is 34.1 Å². The Morgan fingerprint density at radius 3 is 2.52 bits per heavy atom. The molecule has 0 fully saturated rings. The van der Waals surface area contributed by atoms with Gasteiger partial charge in [-0.15, -0.1) is 0 Å². The lowest BCUT2D eigenvalue weighted by molar-refractivity contribution is -0.117. The number of hydrogen-bond acceptors (Lipinski definition) is 3. The zero-order valence-electron chi connectivity index (χ0n) is 12.0. The molecule has 0 radical (unpaired) electrons. The summed E-state index contributed by atoms with van der Waals surface area (Å²) < 4.78 is 0.915. The summed E-state index contributed by atoms with van der Waals surface area (Å²) in [5.74, 6) is -0.0778. The summed E-state index contributed by atoms with van der Waals surface area (Å²) in [6.45, 7) is 1.85. The number of benzene rings is 2. The molecule has 4 nitrogen and oxygen atoms in total. The van der Waals surface area contributed by atoms with Crippen LogP contribution in [0.4, 0.5) is 17.1 Å². The molecule has 0 bridgehead atoms. The van der Waals surface area contributed by atoms with Crippen LogP contribution >= 0.6 is 15.9 Å². The Labute approximate surface area is 133 Å². The molecule has 2 aromatic carbocycles. The molecule has 2 rings (SSSR count). The average Bonchev–Trinajstić information content (AvgIpc) is 2.47. The van der Waals surface area contributed by atoms with Crippen LogP contribution in [-0.2, 0) is 4.79 Å². The molecule has 3 N–H and O–H groups in total. The number of anilines is 3. The summed E-state index contributed by atoms with van der Waals surface area (Å²) in [6, 6.07) is 14.7. The maximum atomic E-state index is 12.3. The zero-order chi connectivity index (χ0) is 15.4. The molecule has 1 amide bonds. The van der Waals surface area contributed by atoms with E-state index in [1.54, 1.807) is 0 Å². The fourth-order valence-corrected chi connectivity index (χ4v) is 2.38. The van der Waals surface area contributed by atoms with Crippen molar-refractivity contribution in [1.82, 2.24) is 0 Å². The number of amides is 1. The van der Waals surface area contributed by atoms with E-state index in [0.29, 0.717) is 5.69 Å². The molecular weight excluding hydrogens is 330 g/mol. The highest BCUT2D eigenvalue weighted by molar-refractivity contribution is 9.10. The third kappa shape index (κ3) is 3.76. The average molecular weight is 348 g/mol. The smallest absolute Gasteiger partial charge is 0.246 e. The number of carbonyl (C=O) groups excluding carboxylic acids is 1.